The Balaban J connectivity index is 0. The van der Waals surface area contributed by atoms with E-state index in [0.29, 0.717) is 0 Å². The zero-order valence-electron chi connectivity index (χ0n) is 31.6. The van der Waals surface area contributed by atoms with Gasteiger partial charge >= 0.3 is 39.0 Å². The van der Waals surface area contributed by atoms with E-state index in [9.17, 15) is 39.6 Å². The largest absolute Gasteiger partial charge is 2.00 e. The van der Waals surface area contributed by atoms with Gasteiger partial charge in [-0.25, -0.2) is 0 Å². The van der Waals surface area contributed by atoms with Crippen LogP contribution in [0.5, 0.6) is 0 Å². The van der Waals surface area contributed by atoms with E-state index < -0.39 is 23.9 Å². The Morgan fingerprint density at radius 1 is 0.357 bits per heavy atom. The number of anilines is 2. The molecule has 2 heterocycles. The van der Waals surface area contributed by atoms with Crippen LogP contribution in [0.3, 0.4) is 0 Å². The van der Waals surface area contributed by atoms with Crippen molar-refractivity contribution >= 4 is 35.3 Å². The second kappa shape index (κ2) is 31.3. The molecule has 0 unspecified atom stereocenters. The van der Waals surface area contributed by atoms with Gasteiger partial charge in [-0.15, -0.1) is 0 Å². The number of carbonyl (C=O) groups is 4. The minimum Gasteiger partial charge on any atom is -0.545 e. The molecule has 0 bridgehead atoms. The summed E-state index contributed by atoms with van der Waals surface area (Å²) in [6.07, 6.45) is 7.15. The molecule has 14 heteroatoms. The third kappa shape index (κ3) is 24.3. The van der Waals surface area contributed by atoms with Gasteiger partial charge in [0.1, 0.15) is 0 Å². The van der Waals surface area contributed by atoms with Crippen molar-refractivity contribution in [2.24, 2.45) is 0 Å². The monoisotopic (exact) mass is 856 g/mol. The van der Waals surface area contributed by atoms with Crippen LogP contribution in [0, 0.1) is 0 Å². The van der Waals surface area contributed by atoms with Gasteiger partial charge in [-0.2, -0.15) is 0 Å². The summed E-state index contributed by atoms with van der Waals surface area (Å²) in [5.41, 5.74) is 3.25. The number of nitrogens with zero attached hydrogens (tertiary/aromatic N) is 4. The van der Waals surface area contributed by atoms with Crippen molar-refractivity contribution in [1.82, 2.24) is 9.97 Å². The second-order valence-corrected chi connectivity index (χ2v) is 10.8. The molecule has 2 aromatic heterocycles. The molecule has 6 rings (SSSR count). The Kier molecular flexibility index (Phi) is 29.0. The maximum atomic E-state index is 10.1. The molecule has 0 amide bonds. The summed E-state index contributed by atoms with van der Waals surface area (Å²) in [5, 5.41) is 40.4. The average Bonchev–Trinajstić information content (AvgIpc) is 3.21. The molecule has 280 valence electrons. The van der Waals surface area contributed by atoms with Gasteiger partial charge in [0.2, 0.25) is 0 Å². The Hall–Kier alpha value is -6.09. The first-order valence-corrected chi connectivity index (χ1v) is 16.0. The summed E-state index contributed by atoms with van der Waals surface area (Å²) < 4.78 is 0. The summed E-state index contributed by atoms with van der Waals surface area (Å²) >= 11 is 0. The molecule has 0 saturated carbocycles. The normalized spacial score (nSPS) is 8.64. The Morgan fingerprint density at radius 2 is 0.536 bits per heavy atom. The van der Waals surface area contributed by atoms with Crippen LogP contribution in [0.2, 0.25) is 0 Å². The number of carbonyl (C=O) groups excluding carboxylic acids is 4. The van der Waals surface area contributed by atoms with E-state index in [2.05, 4.69) is 9.97 Å². The van der Waals surface area contributed by atoms with Crippen molar-refractivity contribution in [3.8, 4) is 0 Å². The molecule has 0 aliphatic carbocycles. The van der Waals surface area contributed by atoms with E-state index >= 15 is 0 Å². The maximum absolute atomic E-state index is 10.1. The molecule has 12 nitrogen and oxygen atoms in total. The molecule has 6 aromatic rings. The van der Waals surface area contributed by atoms with E-state index in [1.54, 1.807) is 97.6 Å². The van der Waals surface area contributed by atoms with Crippen molar-refractivity contribution in [3.63, 3.8) is 0 Å². The van der Waals surface area contributed by atoms with Crippen LogP contribution in [0.15, 0.2) is 170 Å². The summed E-state index contributed by atoms with van der Waals surface area (Å²) in [7, 11) is 8.04. The number of aromatic carboxylic acids is 4. The molecule has 0 saturated heterocycles. The molecule has 0 atom stereocenters. The zero-order valence-corrected chi connectivity index (χ0v) is 37.6. The van der Waals surface area contributed by atoms with Crippen molar-refractivity contribution in [2.75, 3.05) is 38.0 Å². The van der Waals surface area contributed by atoms with E-state index in [-0.39, 0.29) is 61.2 Å². The van der Waals surface area contributed by atoms with Crippen LogP contribution in [-0.2, 0) is 39.0 Å². The van der Waals surface area contributed by atoms with Gasteiger partial charge < -0.3 is 49.4 Å². The fourth-order valence-electron chi connectivity index (χ4n) is 3.58. The molecule has 0 N–H and O–H groups in total. The molecule has 4 aromatic carbocycles. The summed E-state index contributed by atoms with van der Waals surface area (Å²) in [4.78, 5) is 52.2. The molecule has 0 aliphatic heterocycles. The standard InChI is InChI=1S/2C7H10N2.4C7H6O2.2Zn/c2*1-9(2)7-3-5-8-6-4-7;4*8-7(9)6-4-2-1-3-5-6;;/h2*3-6H,1-2H3;4*1-5H,(H,8,9);;/q;;;;;;2*+2/p-4. The summed E-state index contributed by atoms with van der Waals surface area (Å²) in [6.45, 7) is 0. The van der Waals surface area contributed by atoms with Crippen LogP contribution >= 0.6 is 0 Å². The summed E-state index contributed by atoms with van der Waals surface area (Å²) in [5.74, 6) is -4.52. The van der Waals surface area contributed by atoms with E-state index in [4.69, 9.17) is 0 Å². The first-order valence-electron chi connectivity index (χ1n) is 16.0. The molecule has 0 radical (unpaired) electrons. The van der Waals surface area contributed by atoms with E-state index in [1.165, 1.54) is 59.9 Å². The first kappa shape index (κ1) is 52.0. The van der Waals surface area contributed by atoms with E-state index in [1.807, 2.05) is 62.3 Å². The fourth-order valence-corrected chi connectivity index (χ4v) is 3.58. The SMILES string of the molecule is CN(C)c1ccncc1.CN(C)c1ccncc1.O=C([O-])c1ccccc1.O=C([O-])c1ccccc1.O=C([O-])c1ccccc1.O=C([O-])c1ccccc1.[Zn+2].[Zn+2]. The van der Waals surface area contributed by atoms with Crippen LogP contribution in [0.25, 0.3) is 0 Å². The van der Waals surface area contributed by atoms with Gasteiger partial charge in [0.25, 0.3) is 0 Å². The van der Waals surface area contributed by atoms with Gasteiger partial charge in [-0.05, 0) is 46.5 Å². The van der Waals surface area contributed by atoms with Crippen molar-refractivity contribution in [3.05, 3.63) is 193 Å². The molecule has 56 heavy (non-hydrogen) atoms. The molecule has 0 spiro atoms. The van der Waals surface area contributed by atoms with E-state index in [0.717, 1.165) is 0 Å². The third-order valence-corrected chi connectivity index (χ3v) is 6.40. The van der Waals surface area contributed by atoms with Crippen molar-refractivity contribution in [1.29, 1.82) is 0 Å². The molecular weight excluding hydrogens is 819 g/mol. The predicted octanol–water partition coefficient (Wildman–Crippen LogP) is 2.49. The number of carboxylic acid groups (broad SMARTS) is 4. The number of rotatable bonds is 6. The molecule has 0 fully saturated rings. The van der Waals surface area contributed by atoms with Gasteiger partial charge in [0.05, 0.1) is 23.9 Å². The van der Waals surface area contributed by atoms with Gasteiger partial charge in [-0.3, -0.25) is 9.97 Å². The van der Waals surface area contributed by atoms with Crippen LogP contribution in [0.4, 0.5) is 11.4 Å². The number of hydrogen-bond acceptors (Lipinski definition) is 12. The Morgan fingerprint density at radius 3 is 0.643 bits per heavy atom. The Labute approximate surface area is 352 Å². The van der Waals surface area contributed by atoms with Crippen LogP contribution < -0.4 is 30.2 Å². The number of aromatic nitrogens is 2. The van der Waals surface area contributed by atoms with Crippen LogP contribution in [0.1, 0.15) is 41.4 Å². The Bertz CT molecular complexity index is 1670. The van der Waals surface area contributed by atoms with Gasteiger partial charge in [0.15, 0.2) is 0 Å². The quantitative estimate of drug-likeness (QED) is 0.223. The smallest absolute Gasteiger partial charge is 0.545 e. The number of hydrogen-bond donors (Lipinski definition) is 0. The number of benzene rings is 4. The molecule has 0 aliphatic rings. The fraction of sp³-hybridized carbons (Fsp3) is 0.0952. The number of carboxylic acids is 4. The third-order valence-electron chi connectivity index (χ3n) is 6.40. The summed E-state index contributed by atoms with van der Waals surface area (Å²) in [6, 6.07) is 40.1. The maximum Gasteiger partial charge on any atom is 2.00 e. The van der Waals surface area contributed by atoms with Crippen LogP contribution in [-0.4, -0.2) is 62.0 Å². The van der Waals surface area contributed by atoms with Crippen molar-refractivity contribution in [2.45, 2.75) is 0 Å². The minimum atomic E-state index is -1.13. The van der Waals surface area contributed by atoms with Gasteiger partial charge in [0, 0.05) is 64.4 Å². The topological polar surface area (TPSA) is 193 Å². The van der Waals surface area contributed by atoms with Gasteiger partial charge in [-0.1, -0.05) is 121 Å². The average molecular weight is 860 g/mol. The first-order chi connectivity index (χ1) is 25.8. The number of pyridine rings is 2. The predicted molar refractivity (Wildman–Crippen MR) is 200 cm³/mol. The minimum absolute atomic E-state index is 0. The van der Waals surface area contributed by atoms with Crippen molar-refractivity contribution < 1.29 is 78.6 Å². The molecular formula is C42H40N4O8Zn2. The zero-order chi connectivity index (χ0) is 40.1. The second-order valence-electron chi connectivity index (χ2n) is 10.8.